The molecule has 0 amide bonds. The standard InChI is InChI=1S/C12H14/c1-3-5-7-9-11-12-10-8-6-4-2/h3-4,9-10H2,1-2H3. The van der Waals surface area contributed by atoms with Crippen LogP contribution in [0.5, 0.6) is 0 Å². The highest BCUT2D eigenvalue weighted by Gasteiger charge is 1.67. The summed E-state index contributed by atoms with van der Waals surface area (Å²) in [4.78, 5) is 0. The molecule has 0 aromatic carbocycles. The fourth-order valence-corrected chi connectivity index (χ4v) is 0.588. The highest BCUT2D eigenvalue weighted by molar-refractivity contribution is 5.15. The molecule has 0 spiro atoms. The van der Waals surface area contributed by atoms with Crippen LogP contribution in [0.4, 0.5) is 0 Å². The summed E-state index contributed by atoms with van der Waals surface area (Å²) in [6, 6.07) is 0. The Labute approximate surface area is 75.8 Å². The first kappa shape index (κ1) is 10.7. The SMILES string of the molecule is CCC#CCC#CCC#CCC. The molecule has 0 radical (unpaired) electrons. The van der Waals surface area contributed by atoms with Crippen molar-refractivity contribution in [1.29, 1.82) is 0 Å². The molecule has 62 valence electrons. The van der Waals surface area contributed by atoms with E-state index in [0.717, 1.165) is 12.8 Å². The molecular weight excluding hydrogens is 144 g/mol. The third-order valence-corrected chi connectivity index (χ3v) is 1.08. The minimum atomic E-state index is 0.682. The van der Waals surface area contributed by atoms with E-state index in [0.29, 0.717) is 12.8 Å². The van der Waals surface area contributed by atoms with Crippen LogP contribution in [0.1, 0.15) is 39.5 Å². The van der Waals surface area contributed by atoms with Crippen LogP contribution in [0.3, 0.4) is 0 Å². The van der Waals surface area contributed by atoms with E-state index in [-0.39, 0.29) is 0 Å². The maximum atomic E-state index is 2.96. The smallest absolute Gasteiger partial charge is 0.0702 e. The lowest BCUT2D eigenvalue weighted by atomic mass is 10.3. The van der Waals surface area contributed by atoms with Gasteiger partial charge in [0.25, 0.3) is 0 Å². The topological polar surface area (TPSA) is 0 Å². The van der Waals surface area contributed by atoms with E-state index in [2.05, 4.69) is 35.5 Å². The van der Waals surface area contributed by atoms with Gasteiger partial charge in [0.05, 0.1) is 12.8 Å². The lowest BCUT2D eigenvalue weighted by Gasteiger charge is -1.72. The van der Waals surface area contributed by atoms with Gasteiger partial charge in [-0.05, 0) is 0 Å². The van der Waals surface area contributed by atoms with Crippen molar-refractivity contribution >= 4 is 0 Å². The molecule has 12 heavy (non-hydrogen) atoms. The third-order valence-electron chi connectivity index (χ3n) is 1.08. The summed E-state index contributed by atoms with van der Waals surface area (Å²) in [7, 11) is 0. The Bertz CT molecular complexity index is 236. The lowest BCUT2D eigenvalue weighted by Crippen LogP contribution is -1.63. The van der Waals surface area contributed by atoms with Gasteiger partial charge in [0.1, 0.15) is 0 Å². The zero-order valence-electron chi connectivity index (χ0n) is 7.83. The van der Waals surface area contributed by atoms with Crippen LogP contribution in [0.2, 0.25) is 0 Å². The zero-order valence-corrected chi connectivity index (χ0v) is 7.83. The van der Waals surface area contributed by atoms with Crippen molar-refractivity contribution < 1.29 is 0 Å². The quantitative estimate of drug-likeness (QED) is 0.475. The van der Waals surface area contributed by atoms with Crippen molar-refractivity contribution in [3.05, 3.63) is 0 Å². The Kier molecular flexibility index (Phi) is 8.62. The molecule has 0 heterocycles. The molecule has 0 aliphatic carbocycles. The summed E-state index contributed by atoms with van der Waals surface area (Å²) in [5.41, 5.74) is 0. The van der Waals surface area contributed by atoms with E-state index in [4.69, 9.17) is 0 Å². The van der Waals surface area contributed by atoms with E-state index < -0.39 is 0 Å². The highest BCUT2D eigenvalue weighted by atomic mass is 13.7. The van der Waals surface area contributed by atoms with Gasteiger partial charge in [-0.25, -0.2) is 0 Å². The molecule has 0 saturated carbocycles. The highest BCUT2D eigenvalue weighted by Crippen LogP contribution is 1.77. The number of hydrogen-bond acceptors (Lipinski definition) is 0. The Hall–Kier alpha value is -1.32. The normalized spacial score (nSPS) is 6.50. The van der Waals surface area contributed by atoms with Crippen molar-refractivity contribution in [2.75, 3.05) is 0 Å². The fourth-order valence-electron chi connectivity index (χ4n) is 0.588. The Morgan fingerprint density at radius 3 is 1.25 bits per heavy atom. The largest absolute Gasteiger partial charge is 0.103 e. The predicted octanol–water partition coefficient (Wildman–Crippen LogP) is 2.60. The summed E-state index contributed by atoms with van der Waals surface area (Å²) >= 11 is 0. The van der Waals surface area contributed by atoms with Crippen LogP contribution in [-0.4, -0.2) is 0 Å². The minimum absolute atomic E-state index is 0.682. The van der Waals surface area contributed by atoms with Gasteiger partial charge in [0.15, 0.2) is 0 Å². The second-order valence-electron chi connectivity index (χ2n) is 2.12. The maximum Gasteiger partial charge on any atom is 0.0702 e. The molecule has 0 saturated heterocycles. The van der Waals surface area contributed by atoms with E-state index in [1.54, 1.807) is 0 Å². The van der Waals surface area contributed by atoms with Crippen LogP contribution >= 0.6 is 0 Å². The second-order valence-corrected chi connectivity index (χ2v) is 2.12. The monoisotopic (exact) mass is 158 g/mol. The molecule has 0 fully saturated rings. The molecular formula is C12H14. The van der Waals surface area contributed by atoms with Gasteiger partial charge in [0.2, 0.25) is 0 Å². The van der Waals surface area contributed by atoms with E-state index >= 15 is 0 Å². The van der Waals surface area contributed by atoms with E-state index in [9.17, 15) is 0 Å². The number of rotatable bonds is 0. The number of hydrogen-bond donors (Lipinski definition) is 0. The van der Waals surface area contributed by atoms with Crippen LogP contribution in [-0.2, 0) is 0 Å². The molecule has 0 aromatic heterocycles. The molecule has 0 nitrogen and oxygen atoms in total. The predicted molar refractivity (Wildman–Crippen MR) is 53.1 cm³/mol. The first-order valence-corrected chi connectivity index (χ1v) is 4.29. The molecule has 0 heteroatoms. The van der Waals surface area contributed by atoms with Gasteiger partial charge in [-0.15, -0.1) is 11.8 Å². The lowest BCUT2D eigenvalue weighted by molar-refractivity contribution is 1.27. The van der Waals surface area contributed by atoms with Crippen molar-refractivity contribution in [1.82, 2.24) is 0 Å². The van der Waals surface area contributed by atoms with Gasteiger partial charge in [0, 0.05) is 12.8 Å². The Morgan fingerprint density at radius 2 is 0.917 bits per heavy atom. The third kappa shape index (κ3) is 8.68. The summed E-state index contributed by atoms with van der Waals surface area (Å²) in [5.74, 6) is 17.7. The molecule has 0 N–H and O–H groups in total. The van der Waals surface area contributed by atoms with Gasteiger partial charge in [-0.3, -0.25) is 0 Å². The van der Waals surface area contributed by atoms with E-state index in [1.165, 1.54) is 0 Å². The van der Waals surface area contributed by atoms with Gasteiger partial charge in [-0.1, -0.05) is 37.5 Å². The second kappa shape index (κ2) is 9.68. The minimum Gasteiger partial charge on any atom is -0.103 e. The van der Waals surface area contributed by atoms with Crippen molar-refractivity contribution in [3.8, 4) is 35.5 Å². The molecule has 0 unspecified atom stereocenters. The first-order chi connectivity index (χ1) is 5.91. The maximum absolute atomic E-state index is 2.96. The average molecular weight is 158 g/mol. The van der Waals surface area contributed by atoms with Crippen molar-refractivity contribution in [2.45, 2.75) is 39.5 Å². The first-order valence-electron chi connectivity index (χ1n) is 4.29. The molecule has 0 aromatic rings. The molecule has 0 aliphatic heterocycles. The van der Waals surface area contributed by atoms with Crippen LogP contribution in [0, 0.1) is 35.5 Å². The summed E-state index contributed by atoms with van der Waals surface area (Å²) in [6.45, 7) is 4.07. The Morgan fingerprint density at radius 1 is 0.583 bits per heavy atom. The summed E-state index contributed by atoms with van der Waals surface area (Å²) in [5, 5.41) is 0. The van der Waals surface area contributed by atoms with Crippen LogP contribution < -0.4 is 0 Å². The van der Waals surface area contributed by atoms with Gasteiger partial charge >= 0.3 is 0 Å². The van der Waals surface area contributed by atoms with Crippen LogP contribution in [0.15, 0.2) is 0 Å². The zero-order chi connectivity index (χ0) is 9.07. The van der Waals surface area contributed by atoms with Gasteiger partial charge in [-0.2, -0.15) is 0 Å². The van der Waals surface area contributed by atoms with Gasteiger partial charge < -0.3 is 0 Å². The molecule has 0 atom stereocenters. The summed E-state index contributed by atoms with van der Waals surface area (Å²) < 4.78 is 0. The summed E-state index contributed by atoms with van der Waals surface area (Å²) in [6.07, 6.45) is 3.19. The molecule has 0 aliphatic rings. The fraction of sp³-hybridized carbons (Fsp3) is 0.500. The van der Waals surface area contributed by atoms with E-state index in [1.807, 2.05) is 13.8 Å². The Balaban J connectivity index is 3.47. The van der Waals surface area contributed by atoms with Crippen LogP contribution in [0.25, 0.3) is 0 Å². The van der Waals surface area contributed by atoms with Crippen molar-refractivity contribution in [2.24, 2.45) is 0 Å². The average Bonchev–Trinajstić information content (AvgIpc) is 2.10. The molecule has 0 bridgehead atoms. The molecule has 0 rings (SSSR count). The van der Waals surface area contributed by atoms with Crippen molar-refractivity contribution in [3.63, 3.8) is 0 Å².